The van der Waals surface area contributed by atoms with Gasteiger partial charge >= 0.3 is 0 Å². The van der Waals surface area contributed by atoms with Crippen molar-refractivity contribution in [1.82, 2.24) is 0 Å². The molecule has 0 aliphatic heterocycles. The van der Waals surface area contributed by atoms with E-state index < -0.39 is 0 Å². The Balaban J connectivity index is 3.36. The predicted octanol–water partition coefficient (Wildman–Crippen LogP) is 3.89. The van der Waals surface area contributed by atoms with Gasteiger partial charge in [0.25, 0.3) is 0 Å². The largest absolute Gasteiger partial charge is 0.386 e. The van der Waals surface area contributed by atoms with Crippen molar-refractivity contribution in [2.45, 2.75) is 6.92 Å². The molecule has 1 aromatic carbocycles. The van der Waals surface area contributed by atoms with E-state index in [-0.39, 0.29) is 17.5 Å². The topological polar surface area (TPSA) is 38.4 Å². The van der Waals surface area contributed by atoms with Gasteiger partial charge in [0.2, 0.25) is 0 Å². The van der Waals surface area contributed by atoms with Crippen LogP contribution in [0.1, 0.15) is 5.56 Å². The fourth-order valence-electron chi connectivity index (χ4n) is 0.951. The van der Waals surface area contributed by atoms with Crippen molar-refractivity contribution in [3.63, 3.8) is 0 Å². The minimum Gasteiger partial charge on any atom is -0.386 e. The molecule has 2 N–H and O–H groups in total. The minimum atomic E-state index is -0.308. The number of aliphatic imine (C=N–C) groups is 1. The zero-order valence-electron chi connectivity index (χ0n) is 7.82. The average Bonchev–Trinajstić information content (AvgIpc) is 2.21. The molecular formula is C9H8Br2ClFN2. The smallest absolute Gasteiger partial charge is 0.128 e. The van der Waals surface area contributed by atoms with Gasteiger partial charge in [-0.25, -0.2) is 9.38 Å². The summed E-state index contributed by atoms with van der Waals surface area (Å²) in [5.74, 6) is 0.108. The van der Waals surface area contributed by atoms with Crippen LogP contribution < -0.4 is 5.73 Å². The molecule has 0 bridgehead atoms. The van der Waals surface area contributed by atoms with Crippen molar-refractivity contribution in [3.05, 3.63) is 26.4 Å². The highest BCUT2D eigenvalue weighted by atomic mass is 79.9. The second kappa shape index (κ2) is 5.27. The fraction of sp³-hybridized carbons (Fsp3) is 0.222. The van der Waals surface area contributed by atoms with Crippen molar-refractivity contribution in [2.75, 3.05) is 5.88 Å². The molecule has 0 aromatic heterocycles. The maximum atomic E-state index is 13.3. The van der Waals surface area contributed by atoms with Gasteiger partial charge in [-0.05, 0) is 44.8 Å². The Hall–Kier alpha value is -0.130. The number of hydrogen-bond acceptors (Lipinski definition) is 1. The van der Waals surface area contributed by atoms with Crippen LogP contribution in [-0.2, 0) is 0 Å². The molecular weight excluding hydrogens is 350 g/mol. The minimum absolute atomic E-state index is 0.134. The van der Waals surface area contributed by atoms with Crippen LogP contribution in [0.2, 0.25) is 0 Å². The predicted molar refractivity (Wildman–Crippen MR) is 68.5 cm³/mol. The van der Waals surface area contributed by atoms with E-state index in [1.54, 1.807) is 6.92 Å². The lowest BCUT2D eigenvalue weighted by Gasteiger charge is -2.07. The number of halogens is 4. The number of hydrogen-bond donors (Lipinski definition) is 1. The summed E-state index contributed by atoms with van der Waals surface area (Å²) in [5.41, 5.74) is 6.55. The van der Waals surface area contributed by atoms with Crippen LogP contribution in [0, 0.1) is 12.7 Å². The highest BCUT2D eigenvalue weighted by molar-refractivity contribution is 9.11. The molecule has 0 fully saturated rings. The van der Waals surface area contributed by atoms with Crippen molar-refractivity contribution in [1.29, 1.82) is 0 Å². The molecule has 0 amide bonds. The average molecular weight is 358 g/mol. The SMILES string of the molecule is Cc1c(F)cc(Br)c(N=C(N)CCl)c1Br. The normalized spacial score (nSPS) is 11.9. The first-order chi connectivity index (χ1) is 6.97. The second-order valence-corrected chi connectivity index (χ2v) is 4.78. The monoisotopic (exact) mass is 356 g/mol. The van der Waals surface area contributed by atoms with Gasteiger partial charge in [0.05, 0.1) is 16.0 Å². The van der Waals surface area contributed by atoms with Crippen molar-refractivity contribution >= 4 is 55.0 Å². The van der Waals surface area contributed by atoms with Gasteiger partial charge in [-0.3, -0.25) is 0 Å². The van der Waals surface area contributed by atoms with Gasteiger partial charge in [0, 0.05) is 10.0 Å². The van der Waals surface area contributed by atoms with Crippen molar-refractivity contribution in [3.8, 4) is 0 Å². The van der Waals surface area contributed by atoms with E-state index in [9.17, 15) is 4.39 Å². The summed E-state index contributed by atoms with van der Waals surface area (Å²) in [6.45, 7) is 1.65. The van der Waals surface area contributed by atoms with E-state index in [1.165, 1.54) is 6.07 Å². The molecule has 0 saturated carbocycles. The maximum absolute atomic E-state index is 13.3. The number of alkyl halides is 1. The molecule has 2 nitrogen and oxygen atoms in total. The van der Waals surface area contributed by atoms with Crippen LogP contribution in [0.25, 0.3) is 0 Å². The van der Waals surface area contributed by atoms with E-state index in [4.69, 9.17) is 17.3 Å². The van der Waals surface area contributed by atoms with E-state index in [1.807, 2.05) is 0 Å². The van der Waals surface area contributed by atoms with Crippen LogP contribution in [0.4, 0.5) is 10.1 Å². The molecule has 0 radical (unpaired) electrons. The second-order valence-electron chi connectivity index (χ2n) is 2.86. The maximum Gasteiger partial charge on any atom is 0.128 e. The van der Waals surface area contributed by atoms with E-state index in [2.05, 4.69) is 36.9 Å². The van der Waals surface area contributed by atoms with E-state index >= 15 is 0 Å². The molecule has 15 heavy (non-hydrogen) atoms. The van der Waals surface area contributed by atoms with Gasteiger partial charge in [0.1, 0.15) is 11.7 Å². The Kier molecular flexibility index (Phi) is 4.55. The first-order valence-corrected chi connectivity index (χ1v) is 6.12. The molecule has 0 heterocycles. The zero-order chi connectivity index (χ0) is 11.6. The molecule has 0 saturated heterocycles. The quantitative estimate of drug-likeness (QED) is 0.486. The van der Waals surface area contributed by atoms with Crippen molar-refractivity contribution < 1.29 is 4.39 Å². The molecule has 6 heteroatoms. The van der Waals surface area contributed by atoms with Crippen LogP contribution in [0.5, 0.6) is 0 Å². The zero-order valence-corrected chi connectivity index (χ0v) is 11.7. The lowest BCUT2D eigenvalue weighted by atomic mass is 10.2. The highest BCUT2D eigenvalue weighted by Crippen LogP contribution is 2.37. The third-order valence-corrected chi connectivity index (χ3v) is 3.62. The molecule has 0 atom stereocenters. The number of amidine groups is 1. The lowest BCUT2D eigenvalue weighted by molar-refractivity contribution is 0.616. The summed E-state index contributed by atoms with van der Waals surface area (Å²) in [4.78, 5) is 4.08. The Labute approximate surface area is 109 Å². The first-order valence-electron chi connectivity index (χ1n) is 4.00. The summed E-state index contributed by atoms with van der Waals surface area (Å²) >= 11 is 12.0. The van der Waals surface area contributed by atoms with Crippen LogP contribution in [0.3, 0.4) is 0 Å². The van der Waals surface area contributed by atoms with E-state index in [0.717, 1.165) is 0 Å². The van der Waals surface area contributed by atoms with Crippen molar-refractivity contribution in [2.24, 2.45) is 10.7 Å². The summed E-state index contributed by atoms with van der Waals surface area (Å²) in [5, 5.41) is 0. The molecule has 0 unspecified atom stereocenters. The van der Waals surface area contributed by atoms with Gasteiger partial charge in [-0.15, -0.1) is 11.6 Å². The van der Waals surface area contributed by atoms with Crippen LogP contribution in [-0.4, -0.2) is 11.7 Å². The fourth-order valence-corrected chi connectivity index (χ4v) is 2.26. The summed E-state index contributed by atoms with van der Waals surface area (Å²) < 4.78 is 14.4. The molecule has 1 aromatic rings. The molecule has 1 rings (SSSR count). The Morgan fingerprint density at radius 2 is 2.20 bits per heavy atom. The number of nitrogens with two attached hydrogens (primary N) is 1. The third kappa shape index (κ3) is 2.92. The molecule has 82 valence electrons. The number of rotatable bonds is 2. The van der Waals surface area contributed by atoms with Crippen LogP contribution in [0.15, 0.2) is 20.0 Å². The Morgan fingerprint density at radius 3 is 2.73 bits per heavy atom. The summed E-state index contributed by atoms with van der Waals surface area (Å²) in [6.07, 6.45) is 0. The summed E-state index contributed by atoms with van der Waals surface area (Å²) in [7, 11) is 0. The standard InChI is InChI=1S/C9H8Br2ClFN2/c1-4-6(13)2-5(10)9(8(4)11)15-7(14)3-12/h2H,3H2,1H3,(H2,14,15). The first kappa shape index (κ1) is 12.9. The highest BCUT2D eigenvalue weighted by Gasteiger charge is 2.12. The van der Waals surface area contributed by atoms with Gasteiger partial charge in [0.15, 0.2) is 0 Å². The number of benzene rings is 1. The van der Waals surface area contributed by atoms with Gasteiger partial charge in [-0.2, -0.15) is 0 Å². The van der Waals surface area contributed by atoms with Gasteiger partial charge in [-0.1, -0.05) is 0 Å². The summed E-state index contributed by atoms with van der Waals surface area (Å²) in [6, 6.07) is 1.35. The molecule has 0 aliphatic carbocycles. The third-order valence-electron chi connectivity index (χ3n) is 1.77. The van der Waals surface area contributed by atoms with Crippen LogP contribution >= 0.6 is 43.5 Å². The lowest BCUT2D eigenvalue weighted by Crippen LogP contribution is -2.12. The molecule has 0 spiro atoms. The Bertz CT molecular complexity index is 421. The number of nitrogens with zero attached hydrogens (tertiary/aromatic N) is 1. The Morgan fingerprint density at radius 1 is 1.60 bits per heavy atom. The van der Waals surface area contributed by atoms with Gasteiger partial charge < -0.3 is 5.73 Å². The molecule has 0 aliphatic rings. The van der Waals surface area contributed by atoms with E-state index in [0.29, 0.717) is 20.2 Å².